The highest BCUT2D eigenvalue weighted by Crippen LogP contribution is 2.31. The first-order valence-electron chi connectivity index (χ1n) is 11.4. The number of fused-ring (bicyclic) bond motifs is 5. The molecule has 0 spiro atoms. The third-order valence-electron chi connectivity index (χ3n) is 6.06. The van der Waals surface area contributed by atoms with E-state index in [1.165, 1.54) is 11.3 Å². The highest BCUT2D eigenvalue weighted by molar-refractivity contribution is 7.24. The number of hydrogen-bond donors (Lipinski definition) is 3. The Morgan fingerprint density at radius 3 is 2.80 bits per heavy atom. The number of carbonyl (C=O) groups excluding carboxylic acids is 1. The number of nitrogens with zero attached hydrogens (tertiary/aromatic N) is 4. The number of ether oxygens (including phenoxy) is 1. The van der Waals surface area contributed by atoms with Crippen molar-refractivity contribution in [3.63, 3.8) is 0 Å². The van der Waals surface area contributed by atoms with Crippen molar-refractivity contribution in [3.05, 3.63) is 64.4 Å². The number of H-pyrrole nitrogens is 1. The van der Waals surface area contributed by atoms with E-state index < -0.39 is 5.91 Å². The van der Waals surface area contributed by atoms with E-state index >= 15 is 0 Å². The first-order valence-corrected chi connectivity index (χ1v) is 12.2. The molecule has 0 atom stereocenters. The van der Waals surface area contributed by atoms with Gasteiger partial charge in [-0.1, -0.05) is 12.1 Å². The zero-order valence-corrected chi connectivity index (χ0v) is 19.6. The van der Waals surface area contributed by atoms with Crippen LogP contribution in [0.25, 0.3) is 26.1 Å². The lowest BCUT2D eigenvalue weighted by molar-refractivity contribution is 0.0956. The average Bonchev–Trinajstić information content (AvgIpc) is 3.55. The van der Waals surface area contributed by atoms with Gasteiger partial charge in [0.1, 0.15) is 22.0 Å². The van der Waals surface area contributed by atoms with E-state index in [0.29, 0.717) is 42.2 Å². The van der Waals surface area contributed by atoms with Gasteiger partial charge in [0.2, 0.25) is 5.43 Å². The normalized spacial score (nSPS) is 14.1. The second-order valence-electron chi connectivity index (χ2n) is 8.21. The maximum Gasteiger partial charge on any atom is 0.258 e. The van der Waals surface area contributed by atoms with Crippen LogP contribution in [0.3, 0.4) is 0 Å². The van der Waals surface area contributed by atoms with E-state index in [1.54, 1.807) is 18.3 Å². The summed E-state index contributed by atoms with van der Waals surface area (Å²) in [7, 11) is 0. The van der Waals surface area contributed by atoms with Crippen molar-refractivity contribution in [2.75, 3.05) is 49.6 Å². The summed E-state index contributed by atoms with van der Waals surface area (Å²) in [5, 5.41) is 13.1. The maximum absolute atomic E-state index is 13.6. The third-order valence-corrected chi connectivity index (χ3v) is 7.21. The summed E-state index contributed by atoms with van der Waals surface area (Å²) in [5.41, 5.74) is 1.30. The summed E-state index contributed by atoms with van der Waals surface area (Å²) >= 11 is 1.42. The van der Waals surface area contributed by atoms with Gasteiger partial charge in [-0.2, -0.15) is 5.10 Å². The molecule has 1 saturated heterocycles. The summed E-state index contributed by atoms with van der Waals surface area (Å²) in [5.74, 6) is 1.16. The van der Waals surface area contributed by atoms with Gasteiger partial charge in [-0.3, -0.25) is 19.1 Å². The van der Waals surface area contributed by atoms with E-state index in [0.717, 1.165) is 34.9 Å². The van der Waals surface area contributed by atoms with Crippen LogP contribution in [0.15, 0.2) is 53.5 Å². The second kappa shape index (κ2) is 9.01. The Kier molecular flexibility index (Phi) is 5.55. The van der Waals surface area contributed by atoms with E-state index in [9.17, 15) is 9.59 Å². The largest absolute Gasteiger partial charge is 0.378 e. The standard InChI is InChI=1S/C24H23N7O3S/c32-21-15-5-6-19(30-11-13-34-14-12-30)28-22(15)31-16-3-1-2-4-17(16)35-24(31)20(21)23(33)26-10-9-25-18-7-8-27-29-18/h1-8H,9-14H2,(H,26,33)(H2,25,27,29). The number of amides is 1. The van der Waals surface area contributed by atoms with Gasteiger partial charge in [0.05, 0.1) is 35.0 Å². The van der Waals surface area contributed by atoms with Gasteiger partial charge in [0, 0.05) is 26.2 Å². The lowest BCUT2D eigenvalue weighted by Crippen LogP contribution is -2.37. The first kappa shape index (κ1) is 21.6. The summed E-state index contributed by atoms with van der Waals surface area (Å²) in [6.45, 7) is 3.61. The molecule has 1 amide bonds. The molecule has 0 radical (unpaired) electrons. The van der Waals surface area contributed by atoms with Crippen LogP contribution in [0.1, 0.15) is 10.4 Å². The number of para-hydroxylation sites is 1. The first-order chi connectivity index (χ1) is 17.2. The Hall–Kier alpha value is -3.96. The molecule has 0 aliphatic carbocycles. The van der Waals surface area contributed by atoms with Crippen LogP contribution in [0, 0.1) is 0 Å². The molecule has 0 bridgehead atoms. The Morgan fingerprint density at radius 1 is 1.11 bits per heavy atom. The SMILES string of the molecule is O=C(NCCNc1ccn[nH]1)c1c(=O)c2ccc(N3CCOCC3)nc2n2c1sc1ccccc12. The minimum Gasteiger partial charge on any atom is -0.378 e. The number of rotatable bonds is 6. The molecule has 5 heterocycles. The van der Waals surface area contributed by atoms with Gasteiger partial charge in [0.25, 0.3) is 5.91 Å². The van der Waals surface area contributed by atoms with Gasteiger partial charge in [-0.25, -0.2) is 4.98 Å². The Balaban J connectivity index is 1.43. The number of anilines is 2. The van der Waals surface area contributed by atoms with Crippen LogP contribution in [-0.4, -0.2) is 64.9 Å². The fraction of sp³-hybridized carbons (Fsp3) is 0.250. The molecule has 4 aromatic heterocycles. The summed E-state index contributed by atoms with van der Waals surface area (Å²) in [4.78, 5) is 34.5. The zero-order valence-electron chi connectivity index (χ0n) is 18.8. The number of morpholine rings is 1. The number of carbonyl (C=O) groups is 1. The number of thiazole rings is 1. The third kappa shape index (κ3) is 3.88. The second-order valence-corrected chi connectivity index (χ2v) is 9.24. The summed E-state index contributed by atoms with van der Waals surface area (Å²) in [6, 6.07) is 13.3. The molecular formula is C24H23N7O3S. The fourth-order valence-electron chi connectivity index (χ4n) is 4.36. The maximum atomic E-state index is 13.6. The molecule has 5 aromatic rings. The Morgan fingerprint density at radius 2 is 1.97 bits per heavy atom. The lowest BCUT2D eigenvalue weighted by atomic mass is 10.1. The Bertz CT molecular complexity index is 1590. The molecule has 11 heteroatoms. The molecule has 0 saturated carbocycles. The van der Waals surface area contributed by atoms with Gasteiger partial charge in [-0.05, 0) is 30.3 Å². The molecular weight excluding hydrogens is 466 g/mol. The van der Waals surface area contributed by atoms with Crippen molar-refractivity contribution in [1.82, 2.24) is 24.9 Å². The number of nitrogens with one attached hydrogen (secondary N) is 3. The van der Waals surface area contributed by atoms with Crippen molar-refractivity contribution in [2.45, 2.75) is 0 Å². The quantitative estimate of drug-likeness (QED) is 0.314. The molecule has 1 aliphatic heterocycles. The molecule has 178 valence electrons. The molecule has 10 nitrogen and oxygen atoms in total. The molecule has 1 aromatic carbocycles. The number of aromatic amines is 1. The lowest BCUT2D eigenvalue weighted by Gasteiger charge is -2.27. The van der Waals surface area contributed by atoms with Crippen LogP contribution in [0.5, 0.6) is 0 Å². The average molecular weight is 490 g/mol. The van der Waals surface area contributed by atoms with Crippen molar-refractivity contribution in [1.29, 1.82) is 0 Å². The number of hydrogen-bond acceptors (Lipinski definition) is 8. The predicted molar refractivity (Wildman–Crippen MR) is 137 cm³/mol. The monoisotopic (exact) mass is 489 g/mol. The van der Waals surface area contributed by atoms with Crippen LogP contribution in [-0.2, 0) is 4.74 Å². The van der Waals surface area contributed by atoms with Crippen molar-refractivity contribution in [3.8, 4) is 0 Å². The summed E-state index contributed by atoms with van der Waals surface area (Å²) < 4.78 is 8.39. The molecule has 35 heavy (non-hydrogen) atoms. The molecule has 1 fully saturated rings. The highest BCUT2D eigenvalue weighted by atomic mass is 32.1. The number of pyridine rings is 2. The van der Waals surface area contributed by atoms with Crippen LogP contribution >= 0.6 is 11.3 Å². The van der Waals surface area contributed by atoms with E-state index in [2.05, 4.69) is 25.7 Å². The molecule has 0 unspecified atom stereocenters. The molecule has 6 rings (SSSR count). The molecule has 3 N–H and O–H groups in total. The molecule has 1 aliphatic rings. The highest BCUT2D eigenvalue weighted by Gasteiger charge is 2.23. The van der Waals surface area contributed by atoms with E-state index in [1.807, 2.05) is 34.7 Å². The smallest absolute Gasteiger partial charge is 0.258 e. The van der Waals surface area contributed by atoms with E-state index in [-0.39, 0.29) is 11.0 Å². The fourth-order valence-corrected chi connectivity index (χ4v) is 5.55. The number of benzene rings is 1. The van der Waals surface area contributed by atoms with Gasteiger partial charge in [0.15, 0.2) is 5.65 Å². The van der Waals surface area contributed by atoms with Crippen LogP contribution in [0.4, 0.5) is 11.6 Å². The predicted octanol–water partition coefficient (Wildman–Crippen LogP) is 2.46. The topological polar surface area (TPSA) is 117 Å². The Labute approximate surface area is 203 Å². The van der Waals surface area contributed by atoms with Crippen LogP contribution < -0.4 is 21.0 Å². The minimum absolute atomic E-state index is 0.140. The minimum atomic E-state index is -0.398. The van der Waals surface area contributed by atoms with Crippen molar-refractivity contribution < 1.29 is 9.53 Å². The van der Waals surface area contributed by atoms with Gasteiger partial charge in [-0.15, -0.1) is 11.3 Å². The van der Waals surface area contributed by atoms with Crippen LogP contribution in [0.2, 0.25) is 0 Å². The number of aromatic nitrogens is 4. The van der Waals surface area contributed by atoms with Gasteiger partial charge >= 0.3 is 0 Å². The zero-order chi connectivity index (χ0) is 23.8. The van der Waals surface area contributed by atoms with Gasteiger partial charge < -0.3 is 20.3 Å². The van der Waals surface area contributed by atoms with E-state index in [4.69, 9.17) is 9.72 Å². The summed E-state index contributed by atoms with van der Waals surface area (Å²) in [6.07, 6.45) is 1.65. The van der Waals surface area contributed by atoms with Crippen molar-refractivity contribution >= 4 is 55.0 Å². The van der Waals surface area contributed by atoms with Crippen molar-refractivity contribution in [2.24, 2.45) is 0 Å².